The number of hydrogen-bond donors (Lipinski definition) is 1. The van der Waals surface area contributed by atoms with Crippen molar-refractivity contribution in [1.29, 1.82) is 0 Å². The number of aryl methyl sites for hydroxylation is 2. The Labute approximate surface area is 165 Å². The van der Waals surface area contributed by atoms with E-state index in [1.54, 1.807) is 13.2 Å². The highest BCUT2D eigenvalue weighted by Gasteiger charge is 2.15. The molecule has 1 N–H and O–H groups in total. The van der Waals surface area contributed by atoms with E-state index in [1.165, 1.54) is 22.5 Å². The number of aromatic nitrogens is 6. The zero-order chi connectivity index (χ0) is 20.5. The molecule has 0 spiro atoms. The van der Waals surface area contributed by atoms with Gasteiger partial charge in [-0.2, -0.15) is 0 Å². The lowest BCUT2D eigenvalue weighted by Crippen LogP contribution is -2.38. The normalized spacial score (nSPS) is 11.4. The van der Waals surface area contributed by atoms with Crippen molar-refractivity contribution in [2.45, 2.75) is 19.5 Å². The summed E-state index contributed by atoms with van der Waals surface area (Å²) in [5.74, 6) is -0.226. The van der Waals surface area contributed by atoms with Gasteiger partial charge in [0.1, 0.15) is 12.2 Å². The van der Waals surface area contributed by atoms with Crippen molar-refractivity contribution in [2.24, 2.45) is 14.1 Å². The number of nitrogens with one attached hydrogen (secondary N) is 1. The molecule has 0 aromatic carbocycles. The van der Waals surface area contributed by atoms with Crippen molar-refractivity contribution < 1.29 is 4.79 Å². The predicted octanol–water partition coefficient (Wildman–Crippen LogP) is -0.0101. The second-order valence-electron chi connectivity index (χ2n) is 6.88. The summed E-state index contributed by atoms with van der Waals surface area (Å²) in [6.07, 6.45) is 5.89. The van der Waals surface area contributed by atoms with Crippen LogP contribution in [0.5, 0.6) is 0 Å². The first-order valence-corrected chi connectivity index (χ1v) is 9.25. The van der Waals surface area contributed by atoms with Crippen LogP contribution in [-0.2, 0) is 32.0 Å². The molecule has 4 aromatic heterocycles. The monoisotopic (exact) mass is 395 g/mol. The van der Waals surface area contributed by atoms with Gasteiger partial charge in [-0.15, -0.1) is 0 Å². The molecule has 0 bridgehead atoms. The maximum atomic E-state index is 12.4. The SMILES string of the molecule is Cn1c(=O)c2c(ncn2CC(=O)NCCCn2ccc3cccnc32)n(C)c1=O. The van der Waals surface area contributed by atoms with Gasteiger partial charge in [0.15, 0.2) is 11.2 Å². The van der Waals surface area contributed by atoms with Gasteiger partial charge in [0, 0.05) is 45.0 Å². The quantitative estimate of drug-likeness (QED) is 0.462. The smallest absolute Gasteiger partial charge is 0.332 e. The predicted molar refractivity (Wildman–Crippen MR) is 108 cm³/mol. The second kappa shape index (κ2) is 7.38. The summed E-state index contributed by atoms with van der Waals surface area (Å²) in [6, 6.07) is 5.92. The van der Waals surface area contributed by atoms with Crippen molar-refractivity contribution in [3.8, 4) is 0 Å². The largest absolute Gasteiger partial charge is 0.354 e. The number of carbonyl (C=O) groups is 1. The highest BCUT2D eigenvalue weighted by atomic mass is 16.2. The number of hydrogen-bond acceptors (Lipinski definition) is 5. The van der Waals surface area contributed by atoms with Gasteiger partial charge in [-0.3, -0.25) is 18.7 Å². The van der Waals surface area contributed by atoms with Crippen molar-refractivity contribution in [3.63, 3.8) is 0 Å². The van der Waals surface area contributed by atoms with E-state index >= 15 is 0 Å². The Balaban J connectivity index is 1.39. The standard InChI is InChI=1S/C19H21N7O3/c1-23-17-15(18(28)24(2)19(23)29)26(12-22-17)11-14(27)20-8-4-9-25-10-6-13-5-3-7-21-16(13)25/h3,5-7,10,12H,4,8-9,11H2,1-2H3,(H,20,27). The molecule has 0 saturated carbocycles. The Kier molecular flexibility index (Phi) is 4.75. The molecule has 0 atom stereocenters. The summed E-state index contributed by atoms with van der Waals surface area (Å²) >= 11 is 0. The summed E-state index contributed by atoms with van der Waals surface area (Å²) in [5.41, 5.74) is 0.488. The van der Waals surface area contributed by atoms with E-state index in [-0.39, 0.29) is 23.6 Å². The first kappa shape index (κ1) is 18.7. The maximum absolute atomic E-state index is 12.4. The molecule has 0 saturated heterocycles. The Bertz CT molecular complexity index is 1330. The minimum atomic E-state index is -0.472. The Morgan fingerprint density at radius 2 is 1.90 bits per heavy atom. The fourth-order valence-electron chi connectivity index (χ4n) is 3.41. The molecule has 4 aromatic rings. The maximum Gasteiger partial charge on any atom is 0.332 e. The van der Waals surface area contributed by atoms with Gasteiger partial charge in [0.2, 0.25) is 5.91 Å². The number of imidazole rings is 1. The van der Waals surface area contributed by atoms with Gasteiger partial charge >= 0.3 is 5.69 Å². The van der Waals surface area contributed by atoms with E-state index in [9.17, 15) is 14.4 Å². The number of rotatable bonds is 6. The van der Waals surface area contributed by atoms with Crippen LogP contribution in [0.25, 0.3) is 22.2 Å². The fraction of sp³-hybridized carbons (Fsp3) is 0.316. The summed E-state index contributed by atoms with van der Waals surface area (Å²) in [4.78, 5) is 45.2. The van der Waals surface area contributed by atoms with E-state index in [1.807, 2.05) is 24.4 Å². The van der Waals surface area contributed by atoms with Gasteiger partial charge in [0.25, 0.3) is 5.56 Å². The van der Waals surface area contributed by atoms with Gasteiger partial charge in [0.05, 0.1) is 6.33 Å². The average molecular weight is 395 g/mol. The molecule has 10 heteroatoms. The molecule has 150 valence electrons. The highest BCUT2D eigenvalue weighted by molar-refractivity contribution is 5.79. The number of carbonyl (C=O) groups excluding carboxylic acids is 1. The van der Waals surface area contributed by atoms with Crippen LogP contribution in [0.1, 0.15) is 6.42 Å². The molecular weight excluding hydrogens is 374 g/mol. The lowest BCUT2D eigenvalue weighted by molar-refractivity contribution is -0.121. The van der Waals surface area contributed by atoms with E-state index in [4.69, 9.17) is 0 Å². The van der Waals surface area contributed by atoms with E-state index < -0.39 is 11.2 Å². The first-order valence-electron chi connectivity index (χ1n) is 9.25. The summed E-state index contributed by atoms with van der Waals surface area (Å²) in [5, 5.41) is 3.94. The average Bonchev–Trinajstić information content (AvgIpc) is 3.32. The second-order valence-corrected chi connectivity index (χ2v) is 6.88. The van der Waals surface area contributed by atoms with Crippen LogP contribution in [0.15, 0.2) is 46.5 Å². The summed E-state index contributed by atoms with van der Waals surface area (Å²) in [7, 11) is 2.95. The van der Waals surface area contributed by atoms with Crippen LogP contribution in [0, 0.1) is 0 Å². The molecule has 10 nitrogen and oxygen atoms in total. The number of pyridine rings is 1. The Hall–Kier alpha value is -3.69. The Morgan fingerprint density at radius 1 is 1.07 bits per heavy atom. The van der Waals surface area contributed by atoms with Crippen molar-refractivity contribution in [2.75, 3.05) is 6.54 Å². The van der Waals surface area contributed by atoms with Crippen molar-refractivity contribution in [3.05, 3.63) is 57.8 Å². The number of nitrogens with zero attached hydrogens (tertiary/aromatic N) is 6. The lowest BCUT2D eigenvalue weighted by Gasteiger charge is -2.08. The third-order valence-electron chi connectivity index (χ3n) is 4.95. The molecule has 0 fully saturated rings. The molecule has 29 heavy (non-hydrogen) atoms. The Morgan fingerprint density at radius 3 is 2.72 bits per heavy atom. The van der Waals surface area contributed by atoms with Crippen LogP contribution in [0.4, 0.5) is 0 Å². The molecule has 0 aliphatic carbocycles. The van der Waals surface area contributed by atoms with Gasteiger partial charge in [-0.05, 0) is 24.6 Å². The van der Waals surface area contributed by atoms with Crippen LogP contribution in [0.3, 0.4) is 0 Å². The minimum Gasteiger partial charge on any atom is -0.354 e. The van der Waals surface area contributed by atoms with E-state index in [0.717, 1.165) is 28.6 Å². The number of fused-ring (bicyclic) bond motifs is 2. The molecule has 4 heterocycles. The summed E-state index contributed by atoms with van der Waals surface area (Å²) in [6.45, 7) is 1.18. The van der Waals surface area contributed by atoms with Crippen LogP contribution in [0.2, 0.25) is 0 Å². The van der Waals surface area contributed by atoms with Gasteiger partial charge < -0.3 is 14.5 Å². The van der Waals surface area contributed by atoms with Gasteiger partial charge in [-0.1, -0.05) is 0 Å². The van der Waals surface area contributed by atoms with E-state index in [2.05, 4.69) is 19.9 Å². The van der Waals surface area contributed by atoms with E-state index in [0.29, 0.717) is 6.54 Å². The van der Waals surface area contributed by atoms with Crippen molar-refractivity contribution >= 4 is 28.1 Å². The minimum absolute atomic E-state index is 0.0437. The van der Waals surface area contributed by atoms with Crippen LogP contribution >= 0.6 is 0 Å². The molecule has 0 aliphatic heterocycles. The highest BCUT2D eigenvalue weighted by Crippen LogP contribution is 2.12. The molecular formula is C19H21N7O3. The molecule has 4 rings (SSSR count). The number of amides is 1. The van der Waals surface area contributed by atoms with Crippen LogP contribution in [-0.4, -0.2) is 40.7 Å². The first-order chi connectivity index (χ1) is 14.0. The van der Waals surface area contributed by atoms with Crippen LogP contribution < -0.4 is 16.6 Å². The lowest BCUT2D eigenvalue weighted by atomic mass is 10.3. The molecule has 1 amide bonds. The zero-order valence-corrected chi connectivity index (χ0v) is 16.2. The zero-order valence-electron chi connectivity index (χ0n) is 16.2. The van der Waals surface area contributed by atoms with Crippen molar-refractivity contribution in [1.82, 2.24) is 33.6 Å². The van der Waals surface area contributed by atoms with Gasteiger partial charge in [-0.25, -0.2) is 14.8 Å². The molecule has 0 aliphatic rings. The topological polar surface area (TPSA) is 109 Å². The molecule has 0 unspecified atom stereocenters. The molecule has 0 radical (unpaired) electrons. The third kappa shape index (κ3) is 3.33. The summed E-state index contributed by atoms with van der Waals surface area (Å²) < 4.78 is 5.82. The third-order valence-corrected chi connectivity index (χ3v) is 4.95. The fourth-order valence-corrected chi connectivity index (χ4v) is 3.41.